The number of nitrogens with one attached hydrogen (secondary N) is 1. The summed E-state index contributed by atoms with van der Waals surface area (Å²) in [7, 11) is 0. The maximum absolute atomic E-state index is 10.9. The first kappa shape index (κ1) is 12.2. The molecular formula is C13H14ClN3O2. The second kappa shape index (κ2) is 4.66. The lowest BCUT2D eigenvalue weighted by Crippen LogP contribution is -2.48. The highest BCUT2D eigenvalue weighted by Crippen LogP contribution is 2.33. The van der Waals surface area contributed by atoms with Crippen molar-refractivity contribution in [3.05, 3.63) is 29.4 Å². The molecule has 3 rings (SSSR count). The van der Waals surface area contributed by atoms with Crippen LogP contribution < -0.4 is 4.90 Å². The van der Waals surface area contributed by atoms with Gasteiger partial charge in [-0.3, -0.25) is 0 Å². The zero-order valence-corrected chi connectivity index (χ0v) is 11.0. The average molecular weight is 280 g/mol. The molecule has 2 aromatic rings. The first-order chi connectivity index (χ1) is 9.16. The smallest absolute Gasteiger partial charge is 0.407 e. The summed E-state index contributed by atoms with van der Waals surface area (Å²) in [6.45, 7) is 2.42. The van der Waals surface area contributed by atoms with Crippen molar-refractivity contribution in [1.82, 2.24) is 9.88 Å². The predicted octanol–water partition coefficient (Wildman–Crippen LogP) is 2.62. The summed E-state index contributed by atoms with van der Waals surface area (Å²) in [5.74, 6) is 0. The van der Waals surface area contributed by atoms with Gasteiger partial charge in [0.1, 0.15) is 0 Å². The Labute approximate surface area is 115 Å². The molecule has 6 heteroatoms. The highest BCUT2D eigenvalue weighted by atomic mass is 35.5. The second-order valence-corrected chi connectivity index (χ2v) is 5.00. The number of H-pyrrole nitrogens is 1. The van der Waals surface area contributed by atoms with Gasteiger partial charge in [-0.1, -0.05) is 17.7 Å². The highest BCUT2D eigenvalue weighted by Gasteiger charge is 2.22. The van der Waals surface area contributed by atoms with Crippen LogP contribution in [0.5, 0.6) is 0 Å². The summed E-state index contributed by atoms with van der Waals surface area (Å²) in [6.07, 6.45) is 0.931. The number of piperazine rings is 1. The van der Waals surface area contributed by atoms with Crippen LogP contribution in [0.4, 0.5) is 10.5 Å². The van der Waals surface area contributed by atoms with E-state index in [9.17, 15) is 4.79 Å². The Kier molecular flexibility index (Phi) is 2.98. The Hall–Kier alpha value is -1.88. The van der Waals surface area contributed by atoms with E-state index in [-0.39, 0.29) is 0 Å². The molecule has 0 saturated carbocycles. The second-order valence-electron chi connectivity index (χ2n) is 4.59. The van der Waals surface area contributed by atoms with Crippen molar-refractivity contribution < 1.29 is 9.90 Å². The van der Waals surface area contributed by atoms with Gasteiger partial charge in [-0.2, -0.15) is 0 Å². The van der Waals surface area contributed by atoms with E-state index in [1.54, 1.807) is 6.20 Å². The fourth-order valence-electron chi connectivity index (χ4n) is 2.53. The van der Waals surface area contributed by atoms with Gasteiger partial charge in [0.15, 0.2) is 0 Å². The summed E-state index contributed by atoms with van der Waals surface area (Å²) in [5, 5.41) is 10.7. The summed E-state index contributed by atoms with van der Waals surface area (Å²) < 4.78 is 0. The minimum Gasteiger partial charge on any atom is -0.465 e. The number of hydrogen-bond donors (Lipinski definition) is 2. The van der Waals surface area contributed by atoms with Gasteiger partial charge in [0, 0.05) is 49.0 Å². The zero-order valence-electron chi connectivity index (χ0n) is 10.3. The number of benzene rings is 1. The van der Waals surface area contributed by atoms with Crippen LogP contribution in [0.15, 0.2) is 24.4 Å². The molecule has 19 heavy (non-hydrogen) atoms. The molecule has 1 aromatic heterocycles. The molecule has 1 amide bonds. The molecule has 5 nitrogen and oxygen atoms in total. The number of carbonyl (C=O) groups is 1. The van der Waals surface area contributed by atoms with E-state index >= 15 is 0 Å². The monoisotopic (exact) mass is 279 g/mol. The van der Waals surface area contributed by atoms with Crippen molar-refractivity contribution in [2.75, 3.05) is 31.1 Å². The first-order valence-electron chi connectivity index (χ1n) is 6.15. The van der Waals surface area contributed by atoms with Crippen LogP contribution in [0.1, 0.15) is 0 Å². The van der Waals surface area contributed by atoms with Gasteiger partial charge >= 0.3 is 6.09 Å². The van der Waals surface area contributed by atoms with Gasteiger partial charge in [0.05, 0.1) is 5.02 Å². The number of rotatable bonds is 1. The lowest BCUT2D eigenvalue weighted by Gasteiger charge is -2.35. The molecule has 1 aromatic carbocycles. The molecule has 100 valence electrons. The molecule has 1 aliphatic heterocycles. The van der Waals surface area contributed by atoms with Gasteiger partial charge < -0.3 is 19.9 Å². The molecule has 0 unspecified atom stereocenters. The van der Waals surface area contributed by atoms with Gasteiger partial charge in [0.2, 0.25) is 0 Å². The van der Waals surface area contributed by atoms with Crippen molar-refractivity contribution in [2.24, 2.45) is 0 Å². The number of halogens is 1. The van der Waals surface area contributed by atoms with E-state index in [4.69, 9.17) is 16.7 Å². The largest absolute Gasteiger partial charge is 0.465 e. The van der Waals surface area contributed by atoms with Crippen LogP contribution in [-0.2, 0) is 0 Å². The highest BCUT2D eigenvalue weighted by molar-refractivity contribution is 6.36. The number of aromatic nitrogens is 1. The molecule has 1 saturated heterocycles. The Balaban J connectivity index is 1.90. The number of amides is 1. The lowest BCUT2D eigenvalue weighted by atomic mass is 10.1. The third-order valence-corrected chi connectivity index (χ3v) is 3.82. The Morgan fingerprint density at radius 2 is 2.00 bits per heavy atom. The van der Waals surface area contributed by atoms with Crippen LogP contribution in [0, 0.1) is 0 Å². The molecular weight excluding hydrogens is 266 g/mol. The lowest BCUT2D eigenvalue weighted by molar-refractivity contribution is 0.142. The Morgan fingerprint density at radius 1 is 1.26 bits per heavy atom. The third-order valence-electron chi connectivity index (χ3n) is 3.53. The SMILES string of the molecule is O=C(O)N1CCN(c2cccc3[nH]cc(Cl)c23)CC1. The van der Waals surface area contributed by atoms with E-state index < -0.39 is 6.09 Å². The summed E-state index contributed by atoms with van der Waals surface area (Å²) >= 11 is 6.21. The van der Waals surface area contributed by atoms with Crippen molar-refractivity contribution >= 4 is 34.3 Å². The zero-order chi connectivity index (χ0) is 13.4. The Morgan fingerprint density at radius 3 is 2.68 bits per heavy atom. The number of aromatic amines is 1. The minimum absolute atomic E-state index is 0.522. The number of hydrogen-bond acceptors (Lipinski definition) is 2. The molecule has 0 spiro atoms. The molecule has 1 aliphatic rings. The van der Waals surface area contributed by atoms with E-state index in [0.29, 0.717) is 31.2 Å². The number of nitrogens with zero attached hydrogens (tertiary/aromatic N) is 2. The van der Waals surface area contributed by atoms with Crippen molar-refractivity contribution in [2.45, 2.75) is 0 Å². The molecule has 0 aliphatic carbocycles. The number of carboxylic acid groups (broad SMARTS) is 1. The summed E-state index contributed by atoms with van der Waals surface area (Å²) in [4.78, 5) is 17.7. The van der Waals surface area contributed by atoms with E-state index in [2.05, 4.69) is 9.88 Å². The molecule has 0 radical (unpaired) electrons. The van der Waals surface area contributed by atoms with E-state index in [1.165, 1.54) is 4.90 Å². The maximum atomic E-state index is 10.9. The fraction of sp³-hybridized carbons (Fsp3) is 0.308. The predicted molar refractivity (Wildman–Crippen MR) is 75.1 cm³/mol. The van der Waals surface area contributed by atoms with Crippen molar-refractivity contribution in [3.63, 3.8) is 0 Å². The van der Waals surface area contributed by atoms with Gasteiger partial charge in [-0.15, -0.1) is 0 Å². The van der Waals surface area contributed by atoms with Crippen LogP contribution >= 0.6 is 11.6 Å². The quantitative estimate of drug-likeness (QED) is 0.844. The molecule has 2 heterocycles. The number of anilines is 1. The first-order valence-corrected chi connectivity index (χ1v) is 6.53. The van der Waals surface area contributed by atoms with Gasteiger partial charge in [-0.25, -0.2) is 4.79 Å². The van der Waals surface area contributed by atoms with Gasteiger partial charge in [0.25, 0.3) is 0 Å². The maximum Gasteiger partial charge on any atom is 0.407 e. The third kappa shape index (κ3) is 2.10. The number of fused-ring (bicyclic) bond motifs is 1. The van der Waals surface area contributed by atoms with Crippen LogP contribution in [-0.4, -0.2) is 47.3 Å². The fourth-order valence-corrected chi connectivity index (χ4v) is 2.78. The molecule has 2 N–H and O–H groups in total. The molecule has 1 fully saturated rings. The van der Waals surface area contributed by atoms with E-state index in [1.807, 2.05) is 18.2 Å². The normalized spacial score (nSPS) is 16.1. The molecule has 0 atom stereocenters. The summed E-state index contributed by atoms with van der Waals surface area (Å²) in [5.41, 5.74) is 2.07. The standard InChI is InChI=1S/C13H14ClN3O2/c14-9-8-15-10-2-1-3-11(12(9)10)16-4-6-17(7-5-16)13(18)19/h1-3,8,15H,4-7H2,(H,18,19). The topological polar surface area (TPSA) is 59.6 Å². The van der Waals surface area contributed by atoms with Crippen LogP contribution in [0.2, 0.25) is 5.02 Å². The van der Waals surface area contributed by atoms with Crippen LogP contribution in [0.25, 0.3) is 10.9 Å². The average Bonchev–Trinajstić information content (AvgIpc) is 2.81. The van der Waals surface area contributed by atoms with E-state index in [0.717, 1.165) is 16.6 Å². The minimum atomic E-state index is -0.850. The van der Waals surface area contributed by atoms with Crippen molar-refractivity contribution in [3.8, 4) is 0 Å². The van der Waals surface area contributed by atoms with Crippen LogP contribution in [0.3, 0.4) is 0 Å². The van der Waals surface area contributed by atoms with Gasteiger partial charge in [-0.05, 0) is 12.1 Å². The Bertz CT molecular complexity index is 617. The summed E-state index contributed by atoms with van der Waals surface area (Å²) in [6, 6.07) is 5.99. The van der Waals surface area contributed by atoms with Crippen molar-refractivity contribution in [1.29, 1.82) is 0 Å². The molecule has 0 bridgehead atoms.